The first-order valence-corrected chi connectivity index (χ1v) is 9.83. The van der Waals surface area contributed by atoms with Crippen LogP contribution in [0.25, 0.3) is 0 Å². The summed E-state index contributed by atoms with van der Waals surface area (Å²) in [5.74, 6) is 0.991. The molecule has 2 amide bonds. The first-order chi connectivity index (χ1) is 11.6. The topological polar surface area (TPSA) is 58.2 Å². The van der Waals surface area contributed by atoms with Gasteiger partial charge in [-0.2, -0.15) is 0 Å². The third-order valence-corrected chi connectivity index (χ3v) is 4.87. The summed E-state index contributed by atoms with van der Waals surface area (Å²) in [6.07, 6.45) is 2.05. The highest BCUT2D eigenvalue weighted by Gasteiger charge is 2.04. The van der Waals surface area contributed by atoms with Crippen LogP contribution in [-0.4, -0.2) is 23.8 Å². The van der Waals surface area contributed by atoms with Crippen molar-refractivity contribution in [2.75, 3.05) is 22.6 Å². The van der Waals surface area contributed by atoms with Crippen LogP contribution in [0, 0.1) is 0 Å². The normalized spacial score (nSPS) is 10.2. The van der Waals surface area contributed by atoms with E-state index in [9.17, 15) is 9.59 Å². The maximum absolute atomic E-state index is 12.0. The van der Waals surface area contributed by atoms with Gasteiger partial charge in [-0.1, -0.05) is 18.2 Å². The Morgan fingerprint density at radius 1 is 1.00 bits per heavy atom. The van der Waals surface area contributed by atoms with Crippen molar-refractivity contribution in [3.8, 4) is 0 Å². The lowest BCUT2D eigenvalue weighted by Crippen LogP contribution is -2.14. The molecule has 0 aliphatic rings. The third-order valence-electron chi connectivity index (χ3n) is 3.13. The standard InChI is InChI=1S/C18H20N2O2S2/c1-13(21)19-15-4-3-5-16(10-15)20-18(22)12-24-11-14-6-8-17(23-2)9-7-14/h3-10H,11-12H2,1-2H3,(H,19,21)(H,20,22). The van der Waals surface area contributed by atoms with E-state index in [1.54, 1.807) is 47.8 Å². The Kier molecular flexibility index (Phi) is 7.21. The Morgan fingerprint density at radius 2 is 1.67 bits per heavy atom. The van der Waals surface area contributed by atoms with Gasteiger partial charge in [0.25, 0.3) is 0 Å². The zero-order valence-electron chi connectivity index (χ0n) is 13.7. The molecule has 0 aliphatic heterocycles. The fraction of sp³-hybridized carbons (Fsp3) is 0.222. The first kappa shape index (κ1) is 18.4. The quantitative estimate of drug-likeness (QED) is 0.725. The number of thioether (sulfide) groups is 2. The number of nitrogens with one attached hydrogen (secondary N) is 2. The van der Waals surface area contributed by atoms with Crippen molar-refractivity contribution in [1.82, 2.24) is 0 Å². The molecule has 2 N–H and O–H groups in total. The van der Waals surface area contributed by atoms with Gasteiger partial charge in [-0.25, -0.2) is 0 Å². The van der Waals surface area contributed by atoms with Crippen molar-refractivity contribution in [3.63, 3.8) is 0 Å². The smallest absolute Gasteiger partial charge is 0.234 e. The summed E-state index contributed by atoms with van der Waals surface area (Å²) in [4.78, 5) is 24.3. The van der Waals surface area contributed by atoms with Gasteiger partial charge in [0.05, 0.1) is 5.75 Å². The number of carbonyl (C=O) groups is 2. The number of carbonyl (C=O) groups excluding carboxylic acids is 2. The summed E-state index contributed by atoms with van der Waals surface area (Å²) in [6.45, 7) is 1.45. The molecule has 0 heterocycles. The van der Waals surface area contributed by atoms with E-state index in [1.807, 2.05) is 0 Å². The summed E-state index contributed by atoms with van der Waals surface area (Å²) in [5.41, 5.74) is 2.55. The molecule has 0 unspecified atom stereocenters. The number of rotatable bonds is 7. The van der Waals surface area contributed by atoms with E-state index in [1.165, 1.54) is 17.4 Å². The maximum Gasteiger partial charge on any atom is 0.234 e. The molecular weight excluding hydrogens is 340 g/mol. The Hall–Kier alpha value is -1.92. The molecule has 0 saturated heterocycles. The van der Waals surface area contributed by atoms with Gasteiger partial charge in [0.1, 0.15) is 0 Å². The van der Waals surface area contributed by atoms with Crippen LogP contribution in [0.2, 0.25) is 0 Å². The van der Waals surface area contributed by atoms with Crippen LogP contribution >= 0.6 is 23.5 Å². The van der Waals surface area contributed by atoms with Crippen molar-refractivity contribution in [2.45, 2.75) is 17.6 Å². The average Bonchev–Trinajstić information content (AvgIpc) is 2.55. The van der Waals surface area contributed by atoms with E-state index in [2.05, 4.69) is 41.2 Å². The molecule has 0 bridgehead atoms. The summed E-state index contributed by atoms with van der Waals surface area (Å²) in [6, 6.07) is 15.5. The van der Waals surface area contributed by atoms with E-state index in [-0.39, 0.29) is 11.8 Å². The van der Waals surface area contributed by atoms with Gasteiger partial charge in [0, 0.05) is 28.9 Å². The SMILES string of the molecule is CSc1ccc(CSCC(=O)Nc2cccc(NC(C)=O)c2)cc1. The van der Waals surface area contributed by atoms with Crippen LogP contribution in [0.4, 0.5) is 11.4 Å². The van der Waals surface area contributed by atoms with Crippen LogP contribution in [0.15, 0.2) is 53.4 Å². The Bertz CT molecular complexity index is 702. The summed E-state index contributed by atoms with van der Waals surface area (Å²) < 4.78 is 0. The summed E-state index contributed by atoms with van der Waals surface area (Å²) in [7, 11) is 0. The molecule has 24 heavy (non-hydrogen) atoms. The second kappa shape index (κ2) is 9.39. The number of hydrogen-bond donors (Lipinski definition) is 2. The van der Waals surface area contributed by atoms with Crippen molar-refractivity contribution < 1.29 is 9.59 Å². The molecule has 126 valence electrons. The van der Waals surface area contributed by atoms with Gasteiger partial charge in [-0.3, -0.25) is 9.59 Å². The van der Waals surface area contributed by atoms with Crippen LogP contribution in [-0.2, 0) is 15.3 Å². The van der Waals surface area contributed by atoms with E-state index in [0.29, 0.717) is 17.1 Å². The van der Waals surface area contributed by atoms with Crippen LogP contribution in [0.3, 0.4) is 0 Å². The summed E-state index contributed by atoms with van der Waals surface area (Å²) >= 11 is 3.29. The lowest BCUT2D eigenvalue weighted by atomic mass is 10.2. The Labute approximate surface area is 150 Å². The highest BCUT2D eigenvalue weighted by atomic mass is 32.2. The molecule has 0 fully saturated rings. The van der Waals surface area contributed by atoms with Crippen molar-refractivity contribution in [3.05, 3.63) is 54.1 Å². The van der Waals surface area contributed by atoms with Gasteiger partial charge in [-0.15, -0.1) is 23.5 Å². The molecule has 0 spiro atoms. The fourth-order valence-corrected chi connectivity index (χ4v) is 3.25. The summed E-state index contributed by atoms with van der Waals surface area (Å²) in [5, 5.41) is 5.54. The molecule has 0 saturated carbocycles. The maximum atomic E-state index is 12.0. The highest BCUT2D eigenvalue weighted by molar-refractivity contribution is 7.99. The second-order valence-electron chi connectivity index (χ2n) is 5.15. The lowest BCUT2D eigenvalue weighted by molar-refractivity contribution is -0.114. The predicted octanol–water partition coefficient (Wildman–Crippen LogP) is 4.24. The van der Waals surface area contributed by atoms with Gasteiger partial charge in [0.2, 0.25) is 11.8 Å². The number of anilines is 2. The number of benzene rings is 2. The van der Waals surface area contributed by atoms with E-state index in [0.717, 1.165) is 5.75 Å². The van der Waals surface area contributed by atoms with Crippen molar-refractivity contribution in [2.24, 2.45) is 0 Å². The van der Waals surface area contributed by atoms with Gasteiger partial charge in [-0.05, 0) is 42.2 Å². The zero-order chi connectivity index (χ0) is 17.4. The second-order valence-corrected chi connectivity index (χ2v) is 7.02. The monoisotopic (exact) mass is 360 g/mol. The molecule has 0 aromatic heterocycles. The van der Waals surface area contributed by atoms with E-state index >= 15 is 0 Å². The minimum atomic E-state index is -0.137. The minimum absolute atomic E-state index is 0.0549. The Morgan fingerprint density at radius 3 is 2.29 bits per heavy atom. The molecule has 2 rings (SSSR count). The molecule has 2 aromatic rings. The average molecular weight is 361 g/mol. The molecule has 0 aliphatic carbocycles. The van der Waals surface area contributed by atoms with E-state index < -0.39 is 0 Å². The lowest BCUT2D eigenvalue weighted by Gasteiger charge is -2.08. The van der Waals surface area contributed by atoms with Crippen LogP contribution in [0.5, 0.6) is 0 Å². The minimum Gasteiger partial charge on any atom is -0.326 e. The largest absolute Gasteiger partial charge is 0.326 e. The molecule has 6 heteroatoms. The number of amides is 2. The van der Waals surface area contributed by atoms with Crippen LogP contribution in [0.1, 0.15) is 12.5 Å². The van der Waals surface area contributed by atoms with Crippen molar-refractivity contribution >= 4 is 46.7 Å². The fourth-order valence-electron chi connectivity index (χ4n) is 2.06. The van der Waals surface area contributed by atoms with Gasteiger partial charge in [0.15, 0.2) is 0 Å². The van der Waals surface area contributed by atoms with E-state index in [4.69, 9.17) is 0 Å². The zero-order valence-corrected chi connectivity index (χ0v) is 15.3. The first-order valence-electron chi connectivity index (χ1n) is 7.45. The molecular formula is C18H20N2O2S2. The Balaban J connectivity index is 1.79. The van der Waals surface area contributed by atoms with Crippen molar-refractivity contribution in [1.29, 1.82) is 0 Å². The third kappa shape index (κ3) is 6.29. The number of hydrogen-bond acceptors (Lipinski definition) is 4. The van der Waals surface area contributed by atoms with Gasteiger partial charge < -0.3 is 10.6 Å². The highest BCUT2D eigenvalue weighted by Crippen LogP contribution is 2.19. The molecule has 4 nitrogen and oxygen atoms in total. The molecule has 2 aromatic carbocycles. The predicted molar refractivity (Wildman–Crippen MR) is 104 cm³/mol. The van der Waals surface area contributed by atoms with Gasteiger partial charge >= 0.3 is 0 Å². The molecule has 0 radical (unpaired) electrons. The van der Waals surface area contributed by atoms with Crippen LogP contribution < -0.4 is 10.6 Å². The molecule has 0 atom stereocenters.